The van der Waals surface area contributed by atoms with Crippen LogP contribution in [-0.4, -0.2) is 36.2 Å². The first-order valence-corrected chi connectivity index (χ1v) is 8.95. The summed E-state index contributed by atoms with van der Waals surface area (Å²) in [6.45, 7) is 2.29. The molecule has 4 nitrogen and oxygen atoms in total. The van der Waals surface area contributed by atoms with Crippen LogP contribution in [0.2, 0.25) is 0 Å². The summed E-state index contributed by atoms with van der Waals surface area (Å²) >= 11 is 5.79. The summed E-state index contributed by atoms with van der Waals surface area (Å²) in [5, 5.41) is 0.678. The van der Waals surface area contributed by atoms with Gasteiger partial charge in [0.1, 0.15) is 0 Å². The first-order chi connectivity index (χ1) is 10.1. The molecule has 1 saturated carbocycles. The number of hydrogen-bond donors (Lipinski definition) is 0. The zero-order chi connectivity index (χ0) is 15.0. The number of alkyl halides is 1. The Hall–Kier alpha value is -1.17. The highest BCUT2D eigenvalue weighted by molar-refractivity contribution is 7.89. The SMILES string of the molecule is Cc1ccc(S(=O)(=O)N(CCCl)C2CC2)c2cccnc12. The Morgan fingerprint density at radius 2 is 2.10 bits per heavy atom. The summed E-state index contributed by atoms with van der Waals surface area (Å²) in [5.41, 5.74) is 1.71. The molecular weight excluding hydrogens is 308 g/mol. The molecule has 0 bridgehead atoms. The number of halogens is 1. The van der Waals surface area contributed by atoms with Crippen molar-refractivity contribution in [2.75, 3.05) is 12.4 Å². The van der Waals surface area contributed by atoms with Gasteiger partial charge in [-0.3, -0.25) is 4.98 Å². The van der Waals surface area contributed by atoms with Gasteiger partial charge in [0.15, 0.2) is 0 Å². The molecule has 0 amide bonds. The van der Waals surface area contributed by atoms with E-state index in [4.69, 9.17) is 11.6 Å². The average Bonchev–Trinajstić information content (AvgIpc) is 3.29. The molecule has 1 aliphatic carbocycles. The highest BCUT2D eigenvalue weighted by Gasteiger charge is 2.38. The molecule has 1 heterocycles. The summed E-state index contributed by atoms with van der Waals surface area (Å²) in [6.07, 6.45) is 3.51. The second-order valence-electron chi connectivity index (χ2n) is 5.32. The lowest BCUT2D eigenvalue weighted by Crippen LogP contribution is -2.34. The van der Waals surface area contributed by atoms with Crippen LogP contribution >= 0.6 is 11.6 Å². The number of aryl methyl sites for hydroxylation is 1. The third kappa shape index (κ3) is 2.65. The quantitative estimate of drug-likeness (QED) is 0.795. The maximum atomic E-state index is 13.0. The number of hydrogen-bond acceptors (Lipinski definition) is 3. The fraction of sp³-hybridized carbons (Fsp3) is 0.400. The second-order valence-corrected chi connectivity index (χ2v) is 7.55. The van der Waals surface area contributed by atoms with Crippen LogP contribution in [-0.2, 0) is 10.0 Å². The average molecular weight is 325 g/mol. The molecule has 0 saturated heterocycles. The Morgan fingerprint density at radius 3 is 2.76 bits per heavy atom. The van der Waals surface area contributed by atoms with Gasteiger partial charge in [0.25, 0.3) is 0 Å². The van der Waals surface area contributed by atoms with Gasteiger partial charge in [-0.15, -0.1) is 11.6 Å². The van der Waals surface area contributed by atoms with Crippen molar-refractivity contribution in [3.63, 3.8) is 0 Å². The van der Waals surface area contributed by atoms with Crippen LogP contribution in [0, 0.1) is 6.92 Å². The van der Waals surface area contributed by atoms with Gasteiger partial charge >= 0.3 is 0 Å². The fourth-order valence-corrected chi connectivity index (χ4v) is 4.74. The number of sulfonamides is 1. The molecule has 0 spiro atoms. The Balaban J connectivity index is 2.17. The molecule has 0 radical (unpaired) electrons. The molecular formula is C15H17ClN2O2S. The maximum Gasteiger partial charge on any atom is 0.244 e. The fourth-order valence-electron chi connectivity index (χ4n) is 2.58. The maximum absolute atomic E-state index is 13.0. The Kier molecular flexibility index (Phi) is 3.90. The van der Waals surface area contributed by atoms with Crippen LogP contribution in [0.25, 0.3) is 10.9 Å². The van der Waals surface area contributed by atoms with E-state index in [9.17, 15) is 8.42 Å². The highest BCUT2D eigenvalue weighted by Crippen LogP contribution is 2.34. The van der Waals surface area contributed by atoms with Gasteiger partial charge in [0.05, 0.1) is 10.4 Å². The van der Waals surface area contributed by atoms with Crippen LogP contribution in [0.15, 0.2) is 35.4 Å². The van der Waals surface area contributed by atoms with E-state index in [-0.39, 0.29) is 6.04 Å². The van der Waals surface area contributed by atoms with E-state index in [1.54, 1.807) is 18.3 Å². The van der Waals surface area contributed by atoms with Gasteiger partial charge in [-0.25, -0.2) is 8.42 Å². The smallest absolute Gasteiger partial charge is 0.244 e. The molecule has 6 heteroatoms. The molecule has 1 aromatic heterocycles. The Bertz CT molecular complexity index is 772. The zero-order valence-corrected chi connectivity index (χ0v) is 13.4. The van der Waals surface area contributed by atoms with Crippen molar-refractivity contribution in [3.8, 4) is 0 Å². The highest BCUT2D eigenvalue weighted by atomic mass is 35.5. The standard InChI is InChI=1S/C15H17ClN2O2S/c1-11-4-7-14(13-3-2-9-17-15(11)13)21(19,20)18(10-8-16)12-5-6-12/h2-4,7,9,12H,5-6,8,10H2,1H3. The molecule has 21 heavy (non-hydrogen) atoms. The molecule has 0 N–H and O–H groups in total. The minimum absolute atomic E-state index is 0.0989. The van der Waals surface area contributed by atoms with Crippen LogP contribution in [0.5, 0.6) is 0 Å². The van der Waals surface area contributed by atoms with Crippen molar-refractivity contribution in [1.82, 2.24) is 9.29 Å². The molecule has 3 rings (SSSR count). The molecule has 1 aliphatic rings. The molecule has 0 unspecified atom stereocenters. The number of rotatable bonds is 5. The van der Waals surface area contributed by atoms with Crippen molar-refractivity contribution in [3.05, 3.63) is 36.0 Å². The lowest BCUT2D eigenvalue weighted by molar-refractivity contribution is 0.423. The molecule has 1 fully saturated rings. The van der Waals surface area contributed by atoms with E-state index in [0.29, 0.717) is 22.7 Å². The van der Waals surface area contributed by atoms with Gasteiger partial charge in [-0.2, -0.15) is 4.31 Å². The van der Waals surface area contributed by atoms with Crippen molar-refractivity contribution in [2.45, 2.75) is 30.7 Å². The molecule has 112 valence electrons. The first kappa shape index (κ1) is 14.8. The second kappa shape index (κ2) is 5.55. The van der Waals surface area contributed by atoms with Crippen LogP contribution < -0.4 is 0 Å². The molecule has 0 atom stereocenters. The van der Waals surface area contributed by atoms with Crippen LogP contribution in [0.1, 0.15) is 18.4 Å². The van der Waals surface area contributed by atoms with Crippen LogP contribution in [0.4, 0.5) is 0 Å². The number of nitrogens with zero attached hydrogens (tertiary/aromatic N) is 2. The molecule has 2 aromatic rings. The lowest BCUT2D eigenvalue weighted by atomic mass is 10.1. The lowest BCUT2D eigenvalue weighted by Gasteiger charge is -2.22. The third-order valence-electron chi connectivity index (χ3n) is 3.78. The minimum Gasteiger partial charge on any atom is -0.256 e. The summed E-state index contributed by atoms with van der Waals surface area (Å²) in [7, 11) is -3.53. The van der Waals surface area contributed by atoms with Gasteiger partial charge in [0, 0.05) is 30.0 Å². The predicted molar refractivity (Wildman–Crippen MR) is 84.1 cm³/mol. The van der Waals surface area contributed by atoms with Crippen LogP contribution in [0.3, 0.4) is 0 Å². The Morgan fingerprint density at radius 1 is 1.33 bits per heavy atom. The number of pyridine rings is 1. The zero-order valence-electron chi connectivity index (χ0n) is 11.8. The van der Waals surface area contributed by atoms with Crippen molar-refractivity contribution >= 4 is 32.5 Å². The van der Waals surface area contributed by atoms with E-state index < -0.39 is 10.0 Å². The largest absolute Gasteiger partial charge is 0.256 e. The summed E-state index contributed by atoms with van der Waals surface area (Å²) in [6, 6.07) is 7.17. The monoisotopic (exact) mass is 324 g/mol. The number of aromatic nitrogens is 1. The summed E-state index contributed by atoms with van der Waals surface area (Å²) in [5.74, 6) is 0.303. The predicted octanol–water partition coefficient (Wildman–Crippen LogP) is 2.94. The number of benzene rings is 1. The van der Waals surface area contributed by atoms with E-state index in [0.717, 1.165) is 23.9 Å². The number of fused-ring (bicyclic) bond motifs is 1. The minimum atomic E-state index is -3.53. The van der Waals surface area contributed by atoms with Crippen molar-refractivity contribution in [2.24, 2.45) is 0 Å². The van der Waals surface area contributed by atoms with Crippen molar-refractivity contribution in [1.29, 1.82) is 0 Å². The van der Waals surface area contributed by atoms with Gasteiger partial charge in [-0.1, -0.05) is 6.07 Å². The van der Waals surface area contributed by atoms with Gasteiger partial charge in [-0.05, 0) is 43.5 Å². The summed E-state index contributed by atoms with van der Waals surface area (Å²) < 4.78 is 27.5. The van der Waals surface area contributed by atoms with Crippen molar-refractivity contribution < 1.29 is 8.42 Å². The van der Waals surface area contributed by atoms with E-state index in [1.807, 2.05) is 19.1 Å². The van der Waals surface area contributed by atoms with Gasteiger partial charge < -0.3 is 0 Å². The molecule has 1 aromatic carbocycles. The van der Waals surface area contributed by atoms with E-state index in [1.165, 1.54) is 4.31 Å². The Labute approximate surface area is 129 Å². The van der Waals surface area contributed by atoms with E-state index in [2.05, 4.69) is 4.98 Å². The third-order valence-corrected chi connectivity index (χ3v) is 5.96. The normalized spacial score (nSPS) is 15.8. The van der Waals surface area contributed by atoms with E-state index >= 15 is 0 Å². The topological polar surface area (TPSA) is 50.3 Å². The van der Waals surface area contributed by atoms with Gasteiger partial charge in [0.2, 0.25) is 10.0 Å². The first-order valence-electron chi connectivity index (χ1n) is 6.98. The summed E-state index contributed by atoms with van der Waals surface area (Å²) in [4.78, 5) is 4.64. The molecule has 0 aliphatic heterocycles.